The van der Waals surface area contributed by atoms with Crippen molar-refractivity contribution in [3.05, 3.63) is 70.3 Å². The summed E-state index contributed by atoms with van der Waals surface area (Å²) in [6, 6.07) is 6.17. The predicted octanol–water partition coefficient (Wildman–Crippen LogP) is 2.46. The van der Waals surface area contributed by atoms with Gasteiger partial charge in [0, 0.05) is 36.5 Å². The van der Waals surface area contributed by atoms with Gasteiger partial charge in [-0.1, -0.05) is 0 Å². The van der Waals surface area contributed by atoms with Crippen LogP contribution in [-0.4, -0.2) is 49.6 Å². The molecule has 1 saturated heterocycles. The summed E-state index contributed by atoms with van der Waals surface area (Å²) < 4.78 is 16.0. The molecule has 3 heterocycles. The molecule has 1 atom stereocenters. The van der Waals surface area contributed by atoms with Crippen LogP contribution in [-0.2, 0) is 0 Å². The summed E-state index contributed by atoms with van der Waals surface area (Å²) in [5.41, 5.74) is 8.32. The number of primary amides is 1. The molecule has 160 valence electrons. The molecular weight excluding hydrogens is 399 g/mol. The van der Waals surface area contributed by atoms with Crippen LogP contribution in [0.1, 0.15) is 56.0 Å². The molecule has 4 rings (SSSR count). The van der Waals surface area contributed by atoms with E-state index in [1.54, 1.807) is 11.8 Å². The van der Waals surface area contributed by atoms with Crippen LogP contribution in [0.3, 0.4) is 0 Å². The van der Waals surface area contributed by atoms with Crippen molar-refractivity contribution >= 4 is 11.8 Å². The molecule has 0 bridgehead atoms. The third-order valence-electron chi connectivity index (χ3n) is 5.53. The second kappa shape index (κ2) is 7.90. The molecular formula is C22H23FN6O2. The van der Waals surface area contributed by atoms with E-state index >= 15 is 0 Å². The Labute approximate surface area is 178 Å². The maximum absolute atomic E-state index is 14.5. The Bertz CT molecular complexity index is 1190. The van der Waals surface area contributed by atoms with E-state index < -0.39 is 11.7 Å². The molecule has 1 aliphatic heterocycles. The van der Waals surface area contributed by atoms with Crippen molar-refractivity contribution in [1.29, 1.82) is 0 Å². The number of likely N-dealkylation sites (tertiary alicyclic amines) is 1. The Kier molecular flexibility index (Phi) is 5.26. The van der Waals surface area contributed by atoms with E-state index in [9.17, 15) is 14.0 Å². The minimum atomic E-state index is -0.568. The number of nitrogens with two attached hydrogens (primary N) is 1. The Morgan fingerprint density at radius 2 is 1.97 bits per heavy atom. The van der Waals surface area contributed by atoms with Crippen molar-refractivity contribution in [3.8, 4) is 5.69 Å². The lowest BCUT2D eigenvalue weighted by Crippen LogP contribution is -2.29. The molecule has 3 aromatic rings. The van der Waals surface area contributed by atoms with Crippen LogP contribution in [0.2, 0.25) is 0 Å². The van der Waals surface area contributed by atoms with E-state index in [-0.39, 0.29) is 23.1 Å². The quantitative estimate of drug-likeness (QED) is 0.695. The molecule has 0 radical (unpaired) electrons. The van der Waals surface area contributed by atoms with Crippen LogP contribution in [0.4, 0.5) is 4.39 Å². The highest BCUT2D eigenvalue weighted by Crippen LogP contribution is 2.27. The number of aryl methyl sites for hydroxylation is 3. The number of aromatic nitrogens is 4. The summed E-state index contributed by atoms with van der Waals surface area (Å²) in [5.74, 6) is -0.654. The number of rotatable bonds is 4. The molecule has 0 spiro atoms. The van der Waals surface area contributed by atoms with Crippen LogP contribution in [0, 0.1) is 26.6 Å². The molecule has 2 aromatic heterocycles. The van der Waals surface area contributed by atoms with Crippen LogP contribution in [0.5, 0.6) is 0 Å². The largest absolute Gasteiger partial charge is 0.365 e. The van der Waals surface area contributed by atoms with E-state index in [0.717, 1.165) is 11.4 Å². The Hall–Kier alpha value is -3.62. The minimum Gasteiger partial charge on any atom is -0.365 e. The van der Waals surface area contributed by atoms with Crippen LogP contribution >= 0.6 is 0 Å². The van der Waals surface area contributed by atoms with Gasteiger partial charge >= 0.3 is 0 Å². The number of hydrogen-bond donors (Lipinski definition) is 1. The fourth-order valence-electron chi connectivity index (χ4n) is 3.94. The molecule has 2 N–H and O–H groups in total. The fraction of sp³-hybridized carbons (Fsp3) is 0.318. The Morgan fingerprint density at radius 1 is 1.19 bits per heavy atom. The molecule has 1 aliphatic rings. The van der Waals surface area contributed by atoms with Gasteiger partial charge in [-0.2, -0.15) is 5.10 Å². The third kappa shape index (κ3) is 3.90. The van der Waals surface area contributed by atoms with Crippen LogP contribution in [0.25, 0.3) is 5.69 Å². The normalized spacial score (nSPS) is 16.0. The van der Waals surface area contributed by atoms with Gasteiger partial charge in [0.25, 0.3) is 11.8 Å². The SMILES string of the molecule is Cc1cc(C)n(-c2cc(C(=O)N3CC[C@H](c4ncc(C(N)=O)c(C)n4)C3)ccc2F)n1. The monoisotopic (exact) mass is 422 g/mol. The maximum atomic E-state index is 14.5. The second-order valence-electron chi connectivity index (χ2n) is 7.83. The highest BCUT2D eigenvalue weighted by Gasteiger charge is 2.30. The number of hydrogen-bond acceptors (Lipinski definition) is 5. The molecule has 8 nitrogen and oxygen atoms in total. The summed E-state index contributed by atoms with van der Waals surface area (Å²) in [5, 5.41) is 4.32. The van der Waals surface area contributed by atoms with Gasteiger partial charge in [-0.25, -0.2) is 19.0 Å². The van der Waals surface area contributed by atoms with E-state index in [2.05, 4.69) is 15.1 Å². The summed E-state index contributed by atoms with van der Waals surface area (Å²) in [6.45, 7) is 6.37. The van der Waals surface area contributed by atoms with E-state index in [4.69, 9.17) is 5.73 Å². The summed E-state index contributed by atoms with van der Waals surface area (Å²) >= 11 is 0. The second-order valence-corrected chi connectivity index (χ2v) is 7.83. The number of nitrogens with zero attached hydrogens (tertiary/aromatic N) is 5. The molecule has 0 unspecified atom stereocenters. The average molecular weight is 422 g/mol. The first-order valence-electron chi connectivity index (χ1n) is 10.0. The topological polar surface area (TPSA) is 107 Å². The first-order valence-corrected chi connectivity index (χ1v) is 10.0. The molecule has 0 saturated carbocycles. The van der Waals surface area contributed by atoms with Crippen molar-refractivity contribution in [1.82, 2.24) is 24.6 Å². The van der Waals surface area contributed by atoms with Gasteiger partial charge in [-0.15, -0.1) is 0 Å². The van der Waals surface area contributed by atoms with Gasteiger partial charge in [0.05, 0.1) is 17.0 Å². The van der Waals surface area contributed by atoms with Crippen molar-refractivity contribution in [2.24, 2.45) is 5.73 Å². The first-order chi connectivity index (χ1) is 14.7. The Balaban J connectivity index is 1.55. The van der Waals surface area contributed by atoms with Crippen molar-refractivity contribution in [2.75, 3.05) is 13.1 Å². The fourth-order valence-corrected chi connectivity index (χ4v) is 3.94. The number of benzene rings is 1. The zero-order valence-corrected chi connectivity index (χ0v) is 17.6. The summed E-state index contributed by atoms with van der Waals surface area (Å²) in [6.07, 6.45) is 2.14. The van der Waals surface area contributed by atoms with Gasteiger partial charge in [0.1, 0.15) is 17.3 Å². The number of carbonyl (C=O) groups excluding carboxylic acids is 2. The van der Waals surface area contributed by atoms with Gasteiger partial charge in [0.2, 0.25) is 0 Å². The highest BCUT2D eigenvalue weighted by molar-refractivity contribution is 5.95. The van der Waals surface area contributed by atoms with Crippen molar-refractivity contribution in [2.45, 2.75) is 33.1 Å². The van der Waals surface area contributed by atoms with Gasteiger partial charge < -0.3 is 10.6 Å². The zero-order valence-electron chi connectivity index (χ0n) is 17.6. The lowest BCUT2D eigenvalue weighted by atomic mass is 10.1. The third-order valence-corrected chi connectivity index (χ3v) is 5.53. The average Bonchev–Trinajstić information content (AvgIpc) is 3.34. The summed E-state index contributed by atoms with van der Waals surface area (Å²) in [7, 11) is 0. The smallest absolute Gasteiger partial charge is 0.253 e. The predicted molar refractivity (Wildman–Crippen MR) is 112 cm³/mol. The van der Waals surface area contributed by atoms with Crippen molar-refractivity contribution < 1.29 is 14.0 Å². The van der Waals surface area contributed by atoms with Crippen LogP contribution < -0.4 is 5.73 Å². The Morgan fingerprint density at radius 3 is 2.61 bits per heavy atom. The van der Waals surface area contributed by atoms with Gasteiger partial charge in [0.15, 0.2) is 0 Å². The maximum Gasteiger partial charge on any atom is 0.253 e. The van der Waals surface area contributed by atoms with Crippen molar-refractivity contribution in [3.63, 3.8) is 0 Å². The molecule has 1 aromatic carbocycles. The van der Waals surface area contributed by atoms with E-state index in [1.807, 2.05) is 19.9 Å². The first kappa shape index (κ1) is 20.6. The van der Waals surface area contributed by atoms with Crippen LogP contribution in [0.15, 0.2) is 30.5 Å². The van der Waals surface area contributed by atoms with Gasteiger partial charge in [-0.3, -0.25) is 9.59 Å². The summed E-state index contributed by atoms with van der Waals surface area (Å²) in [4.78, 5) is 34.9. The lowest BCUT2D eigenvalue weighted by molar-refractivity contribution is 0.0790. The van der Waals surface area contributed by atoms with E-state index in [1.165, 1.54) is 29.1 Å². The van der Waals surface area contributed by atoms with Gasteiger partial charge in [-0.05, 0) is 51.5 Å². The number of halogens is 1. The molecule has 2 amide bonds. The number of amides is 2. The standard InChI is InChI=1S/C22H23FN6O2/c1-12-8-13(2)29(27-12)19-9-15(4-5-18(19)23)22(31)28-7-6-16(11-28)21-25-10-17(20(24)30)14(3)26-21/h4-5,8-10,16H,6-7,11H2,1-3H3,(H2,24,30)/t16-/m0/s1. The molecule has 1 fully saturated rings. The molecule has 9 heteroatoms. The minimum absolute atomic E-state index is 0.0412. The zero-order chi connectivity index (χ0) is 22.3. The molecule has 0 aliphatic carbocycles. The molecule has 31 heavy (non-hydrogen) atoms. The number of carbonyl (C=O) groups is 2. The lowest BCUT2D eigenvalue weighted by Gasteiger charge is -2.17. The highest BCUT2D eigenvalue weighted by atomic mass is 19.1. The van der Waals surface area contributed by atoms with E-state index in [0.29, 0.717) is 36.6 Å².